The van der Waals surface area contributed by atoms with Gasteiger partial charge in [-0.05, 0) is 70.5 Å². The number of piperidine rings is 1. The first-order valence-corrected chi connectivity index (χ1v) is 8.61. The third-order valence-electron chi connectivity index (χ3n) is 4.20. The molecule has 0 saturated carbocycles. The number of hydrogen-bond donors (Lipinski definition) is 3. The van der Waals surface area contributed by atoms with Gasteiger partial charge in [-0.15, -0.1) is 0 Å². The molecular weight excluding hydrogens is 304 g/mol. The lowest BCUT2D eigenvalue weighted by Gasteiger charge is -2.32. The summed E-state index contributed by atoms with van der Waals surface area (Å²) in [5.41, 5.74) is 1.34. The predicted octanol–water partition coefficient (Wildman–Crippen LogP) is 2.29. The van der Waals surface area contributed by atoms with Crippen LogP contribution in [0.5, 0.6) is 0 Å². The van der Waals surface area contributed by atoms with Crippen molar-refractivity contribution < 1.29 is 9.59 Å². The zero-order valence-corrected chi connectivity index (χ0v) is 14.8. The number of nitrogens with one attached hydrogen (secondary N) is 3. The average molecular weight is 332 g/mol. The number of urea groups is 1. The van der Waals surface area contributed by atoms with Crippen LogP contribution in [0.25, 0.3) is 0 Å². The van der Waals surface area contributed by atoms with Gasteiger partial charge in [0, 0.05) is 30.4 Å². The number of amides is 3. The molecule has 3 amide bonds. The first kappa shape index (κ1) is 18.3. The van der Waals surface area contributed by atoms with Gasteiger partial charge in [0.15, 0.2) is 0 Å². The number of benzene rings is 1. The summed E-state index contributed by atoms with van der Waals surface area (Å²) >= 11 is 0. The molecule has 6 heteroatoms. The van der Waals surface area contributed by atoms with Gasteiger partial charge in [-0.25, -0.2) is 4.79 Å². The molecule has 132 valence electrons. The zero-order chi connectivity index (χ0) is 17.5. The molecule has 0 aliphatic carbocycles. The highest BCUT2D eigenvalue weighted by atomic mass is 16.2. The molecule has 0 atom stereocenters. The van der Waals surface area contributed by atoms with Crippen molar-refractivity contribution in [2.75, 3.05) is 32.0 Å². The smallest absolute Gasteiger partial charge is 0.319 e. The Labute approximate surface area is 144 Å². The van der Waals surface area contributed by atoms with E-state index in [0.29, 0.717) is 17.2 Å². The molecule has 1 heterocycles. The highest BCUT2D eigenvalue weighted by molar-refractivity contribution is 5.95. The second-order valence-corrected chi connectivity index (χ2v) is 6.62. The summed E-state index contributed by atoms with van der Waals surface area (Å²) in [4.78, 5) is 26.1. The quantitative estimate of drug-likeness (QED) is 0.774. The van der Waals surface area contributed by atoms with E-state index >= 15 is 0 Å². The molecule has 24 heavy (non-hydrogen) atoms. The maximum atomic E-state index is 12.6. The minimum Gasteiger partial charge on any atom is -0.339 e. The fourth-order valence-electron chi connectivity index (χ4n) is 2.94. The summed E-state index contributed by atoms with van der Waals surface area (Å²) in [6.45, 7) is 6.44. The van der Waals surface area contributed by atoms with E-state index in [1.807, 2.05) is 25.8 Å². The summed E-state index contributed by atoms with van der Waals surface area (Å²) in [6.07, 6.45) is 2.09. The van der Waals surface area contributed by atoms with E-state index in [4.69, 9.17) is 0 Å². The van der Waals surface area contributed by atoms with Gasteiger partial charge in [-0.2, -0.15) is 0 Å². The van der Waals surface area contributed by atoms with Crippen molar-refractivity contribution in [1.82, 2.24) is 15.5 Å². The van der Waals surface area contributed by atoms with E-state index < -0.39 is 0 Å². The largest absolute Gasteiger partial charge is 0.339 e. The lowest BCUT2D eigenvalue weighted by Crippen LogP contribution is -2.40. The number of carbonyl (C=O) groups is 2. The summed E-state index contributed by atoms with van der Waals surface area (Å²) in [5, 5.41) is 8.72. The topological polar surface area (TPSA) is 73.5 Å². The van der Waals surface area contributed by atoms with Gasteiger partial charge in [-0.3, -0.25) is 4.79 Å². The molecule has 1 aromatic rings. The van der Waals surface area contributed by atoms with Gasteiger partial charge < -0.3 is 20.9 Å². The number of likely N-dealkylation sites (tertiary alicyclic amines) is 1. The monoisotopic (exact) mass is 332 g/mol. The summed E-state index contributed by atoms with van der Waals surface area (Å²) in [7, 11) is 1.97. The molecule has 0 unspecified atom stereocenters. The molecule has 1 aliphatic heterocycles. The van der Waals surface area contributed by atoms with E-state index in [0.717, 1.165) is 32.5 Å². The van der Waals surface area contributed by atoms with Crippen molar-refractivity contribution in [3.63, 3.8) is 0 Å². The molecular formula is C18H28N4O2. The van der Waals surface area contributed by atoms with E-state index in [-0.39, 0.29) is 18.0 Å². The predicted molar refractivity (Wildman–Crippen MR) is 96.3 cm³/mol. The van der Waals surface area contributed by atoms with E-state index in [1.165, 1.54) is 0 Å². The maximum absolute atomic E-state index is 12.6. The van der Waals surface area contributed by atoms with Crippen molar-refractivity contribution in [3.05, 3.63) is 29.8 Å². The Morgan fingerprint density at radius 1 is 1.17 bits per heavy atom. The van der Waals surface area contributed by atoms with Crippen LogP contribution < -0.4 is 16.0 Å². The van der Waals surface area contributed by atoms with Gasteiger partial charge in [-0.1, -0.05) is 0 Å². The first-order chi connectivity index (χ1) is 11.5. The van der Waals surface area contributed by atoms with Crippen LogP contribution in [0.15, 0.2) is 24.3 Å². The van der Waals surface area contributed by atoms with Crippen LogP contribution >= 0.6 is 0 Å². The second-order valence-electron chi connectivity index (χ2n) is 6.62. The normalized spacial score (nSPS) is 15.4. The Morgan fingerprint density at radius 2 is 1.79 bits per heavy atom. The molecule has 0 bridgehead atoms. The molecule has 1 saturated heterocycles. The van der Waals surface area contributed by atoms with Gasteiger partial charge in [0.25, 0.3) is 5.91 Å². The summed E-state index contributed by atoms with van der Waals surface area (Å²) < 4.78 is 0. The first-order valence-electron chi connectivity index (χ1n) is 8.61. The molecule has 1 aromatic carbocycles. The third-order valence-corrected chi connectivity index (χ3v) is 4.20. The van der Waals surface area contributed by atoms with Crippen LogP contribution in [-0.2, 0) is 0 Å². The zero-order valence-electron chi connectivity index (χ0n) is 14.8. The highest BCUT2D eigenvalue weighted by Crippen LogP contribution is 2.19. The van der Waals surface area contributed by atoms with Crippen molar-refractivity contribution in [2.24, 2.45) is 5.92 Å². The maximum Gasteiger partial charge on any atom is 0.319 e. The standard InChI is InChI=1S/C18H28N4O2/c1-13(2)20-18(24)21-16-6-4-15(5-7-16)17(23)22-10-8-14(9-11-22)12-19-3/h4-7,13-14,19H,8-12H2,1-3H3,(H2,20,21,24). The van der Waals surface area contributed by atoms with Crippen LogP contribution in [0.3, 0.4) is 0 Å². The summed E-state index contributed by atoms with van der Waals surface area (Å²) in [5.74, 6) is 0.723. The molecule has 3 N–H and O–H groups in total. The molecule has 1 fully saturated rings. The van der Waals surface area contributed by atoms with Crippen molar-refractivity contribution in [2.45, 2.75) is 32.7 Å². The van der Waals surface area contributed by atoms with Crippen LogP contribution in [0.1, 0.15) is 37.0 Å². The van der Waals surface area contributed by atoms with E-state index in [1.54, 1.807) is 24.3 Å². The van der Waals surface area contributed by atoms with Crippen LogP contribution in [0.2, 0.25) is 0 Å². The minimum atomic E-state index is -0.240. The van der Waals surface area contributed by atoms with Gasteiger partial charge in [0.2, 0.25) is 0 Å². The minimum absolute atomic E-state index is 0.0658. The van der Waals surface area contributed by atoms with Crippen molar-refractivity contribution in [1.29, 1.82) is 0 Å². The van der Waals surface area contributed by atoms with Gasteiger partial charge in [0.1, 0.15) is 0 Å². The van der Waals surface area contributed by atoms with Crippen LogP contribution in [0.4, 0.5) is 10.5 Å². The lowest BCUT2D eigenvalue weighted by atomic mass is 9.96. The fraction of sp³-hybridized carbons (Fsp3) is 0.556. The fourth-order valence-corrected chi connectivity index (χ4v) is 2.94. The highest BCUT2D eigenvalue weighted by Gasteiger charge is 2.23. The van der Waals surface area contributed by atoms with Crippen LogP contribution in [0, 0.1) is 5.92 Å². The van der Waals surface area contributed by atoms with Gasteiger partial charge in [0.05, 0.1) is 0 Å². The molecule has 0 spiro atoms. The Morgan fingerprint density at radius 3 is 2.33 bits per heavy atom. The lowest BCUT2D eigenvalue weighted by molar-refractivity contribution is 0.0691. The SMILES string of the molecule is CNCC1CCN(C(=O)c2ccc(NC(=O)NC(C)C)cc2)CC1. The second kappa shape index (κ2) is 8.68. The Bertz CT molecular complexity index is 549. The third kappa shape index (κ3) is 5.23. The van der Waals surface area contributed by atoms with Crippen LogP contribution in [-0.4, -0.2) is 49.6 Å². The number of nitrogens with zero attached hydrogens (tertiary/aromatic N) is 1. The number of carbonyl (C=O) groups excluding carboxylic acids is 2. The van der Waals surface area contributed by atoms with E-state index in [9.17, 15) is 9.59 Å². The molecule has 6 nitrogen and oxygen atoms in total. The average Bonchev–Trinajstić information content (AvgIpc) is 2.55. The molecule has 2 rings (SSSR count). The Hall–Kier alpha value is -2.08. The van der Waals surface area contributed by atoms with Gasteiger partial charge >= 0.3 is 6.03 Å². The van der Waals surface area contributed by atoms with Crippen molar-refractivity contribution in [3.8, 4) is 0 Å². The summed E-state index contributed by atoms with van der Waals surface area (Å²) in [6, 6.07) is 6.91. The Kier molecular flexibility index (Phi) is 6.61. The van der Waals surface area contributed by atoms with Crippen molar-refractivity contribution >= 4 is 17.6 Å². The number of anilines is 1. The molecule has 0 aromatic heterocycles. The number of rotatable bonds is 5. The molecule has 1 aliphatic rings. The Balaban J connectivity index is 1.88. The number of hydrogen-bond acceptors (Lipinski definition) is 3. The van der Waals surface area contributed by atoms with E-state index in [2.05, 4.69) is 16.0 Å². The molecule has 0 radical (unpaired) electrons.